The van der Waals surface area contributed by atoms with Gasteiger partial charge in [-0.05, 0) is 55.8 Å². The van der Waals surface area contributed by atoms with Crippen LogP contribution in [0.25, 0.3) is 0 Å². The maximum absolute atomic E-state index is 3.46. The van der Waals surface area contributed by atoms with Crippen LogP contribution in [-0.4, -0.2) is 13.1 Å². The van der Waals surface area contributed by atoms with E-state index in [9.17, 15) is 0 Å². The lowest BCUT2D eigenvalue weighted by Gasteiger charge is -2.09. The van der Waals surface area contributed by atoms with E-state index < -0.39 is 0 Å². The van der Waals surface area contributed by atoms with Crippen LogP contribution in [0.2, 0.25) is 0 Å². The molecule has 1 aromatic carbocycles. The van der Waals surface area contributed by atoms with Crippen molar-refractivity contribution in [1.82, 2.24) is 5.32 Å². The zero-order chi connectivity index (χ0) is 9.71. The Labute approximate surface area is 85.5 Å². The highest BCUT2D eigenvalue weighted by atomic mass is 15.0. The highest BCUT2D eigenvalue weighted by Gasteiger charge is 2.53. The molecule has 3 rings (SSSR count). The molecule has 2 fully saturated rings. The summed E-state index contributed by atoms with van der Waals surface area (Å²) in [6, 6.07) is 6.87. The van der Waals surface area contributed by atoms with Crippen LogP contribution in [0.4, 0.5) is 0 Å². The van der Waals surface area contributed by atoms with E-state index in [0.717, 1.165) is 17.8 Å². The Morgan fingerprint density at radius 2 is 1.86 bits per heavy atom. The summed E-state index contributed by atoms with van der Waals surface area (Å²) in [7, 11) is 0. The molecule has 1 saturated heterocycles. The van der Waals surface area contributed by atoms with Crippen LogP contribution >= 0.6 is 0 Å². The molecule has 2 aliphatic rings. The number of fused-ring (bicyclic) bond motifs is 1. The zero-order valence-electron chi connectivity index (χ0n) is 8.88. The number of hydrogen-bond acceptors (Lipinski definition) is 1. The van der Waals surface area contributed by atoms with E-state index in [1.807, 2.05) is 0 Å². The molecule has 1 saturated carbocycles. The number of hydrogen-bond donors (Lipinski definition) is 1. The number of rotatable bonds is 1. The molecule has 14 heavy (non-hydrogen) atoms. The number of nitrogens with one attached hydrogen (secondary N) is 1. The normalized spacial score (nSPS) is 34.3. The van der Waals surface area contributed by atoms with E-state index in [1.54, 1.807) is 5.56 Å². The fourth-order valence-corrected chi connectivity index (χ4v) is 3.00. The minimum atomic E-state index is 0.871. The topological polar surface area (TPSA) is 12.0 Å². The monoisotopic (exact) mass is 187 g/mol. The molecule has 1 N–H and O–H groups in total. The van der Waals surface area contributed by atoms with Gasteiger partial charge in [-0.2, -0.15) is 0 Å². The van der Waals surface area contributed by atoms with Gasteiger partial charge in [0.15, 0.2) is 0 Å². The van der Waals surface area contributed by atoms with Gasteiger partial charge in [-0.1, -0.05) is 23.8 Å². The maximum Gasteiger partial charge on any atom is -0.00111 e. The van der Waals surface area contributed by atoms with E-state index in [4.69, 9.17) is 0 Å². The summed E-state index contributed by atoms with van der Waals surface area (Å²) in [5, 5.41) is 3.46. The molecular formula is C13H17N. The second-order valence-corrected chi connectivity index (χ2v) is 4.87. The molecule has 0 aromatic heterocycles. The van der Waals surface area contributed by atoms with Crippen LogP contribution in [0.1, 0.15) is 22.6 Å². The van der Waals surface area contributed by atoms with Gasteiger partial charge in [0, 0.05) is 0 Å². The van der Waals surface area contributed by atoms with Crippen LogP contribution in [0.15, 0.2) is 18.2 Å². The van der Waals surface area contributed by atoms with Gasteiger partial charge in [-0.3, -0.25) is 0 Å². The second kappa shape index (κ2) is 2.83. The molecule has 1 heterocycles. The Morgan fingerprint density at radius 3 is 2.57 bits per heavy atom. The van der Waals surface area contributed by atoms with E-state index in [-0.39, 0.29) is 0 Å². The highest BCUT2D eigenvalue weighted by molar-refractivity contribution is 5.39. The molecule has 2 atom stereocenters. The molecule has 0 bridgehead atoms. The Balaban J connectivity index is 1.94. The van der Waals surface area contributed by atoms with Gasteiger partial charge < -0.3 is 5.32 Å². The molecule has 1 nitrogen and oxygen atoms in total. The summed E-state index contributed by atoms with van der Waals surface area (Å²) in [4.78, 5) is 0. The van der Waals surface area contributed by atoms with Crippen LogP contribution in [0.5, 0.6) is 0 Å². The number of aryl methyl sites for hydroxylation is 2. The lowest BCUT2D eigenvalue weighted by Crippen LogP contribution is -2.14. The first kappa shape index (κ1) is 8.49. The van der Waals surface area contributed by atoms with Gasteiger partial charge in [-0.25, -0.2) is 0 Å². The van der Waals surface area contributed by atoms with Gasteiger partial charge >= 0.3 is 0 Å². The van der Waals surface area contributed by atoms with E-state index in [2.05, 4.69) is 37.4 Å². The zero-order valence-corrected chi connectivity index (χ0v) is 8.88. The molecule has 0 amide bonds. The molecule has 1 aliphatic carbocycles. The first-order valence-corrected chi connectivity index (χ1v) is 5.55. The molecule has 74 valence electrons. The van der Waals surface area contributed by atoms with Crippen molar-refractivity contribution in [2.45, 2.75) is 19.8 Å². The Morgan fingerprint density at radius 1 is 1.14 bits per heavy atom. The van der Waals surface area contributed by atoms with Crippen molar-refractivity contribution >= 4 is 0 Å². The lowest BCUT2D eigenvalue weighted by molar-refractivity contribution is 0.682. The van der Waals surface area contributed by atoms with Gasteiger partial charge in [-0.15, -0.1) is 0 Å². The summed E-state index contributed by atoms with van der Waals surface area (Å²) in [6.07, 6.45) is 0. The van der Waals surface area contributed by atoms with E-state index in [0.29, 0.717) is 0 Å². The average Bonchev–Trinajstić information content (AvgIpc) is 2.64. The minimum Gasteiger partial charge on any atom is -0.316 e. The molecular weight excluding hydrogens is 170 g/mol. The Kier molecular flexibility index (Phi) is 1.72. The van der Waals surface area contributed by atoms with Crippen molar-refractivity contribution in [2.24, 2.45) is 11.8 Å². The number of piperidine rings is 1. The lowest BCUT2D eigenvalue weighted by atomic mass is 9.99. The minimum absolute atomic E-state index is 0.871. The van der Waals surface area contributed by atoms with Crippen molar-refractivity contribution in [3.05, 3.63) is 34.9 Å². The van der Waals surface area contributed by atoms with Crippen molar-refractivity contribution < 1.29 is 0 Å². The van der Waals surface area contributed by atoms with Gasteiger partial charge in [0.25, 0.3) is 0 Å². The van der Waals surface area contributed by atoms with Gasteiger partial charge in [0.2, 0.25) is 0 Å². The summed E-state index contributed by atoms with van der Waals surface area (Å²) in [5.41, 5.74) is 4.50. The first-order valence-electron chi connectivity index (χ1n) is 5.55. The molecule has 2 unspecified atom stereocenters. The highest BCUT2D eigenvalue weighted by Crippen LogP contribution is 2.56. The maximum atomic E-state index is 3.46. The van der Waals surface area contributed by atoms with Gasteiger partial charge in [0.05, 0.1) is 0 Å². The summed E-state index contributed by atoms with van der Waals surface area (Å²) < 4.78 is 0. The molecule has 0 radical (unpaired) electrons. The Hall–Kier alpha value is -0.820. The van der Waals surface area contributed by atoms with Crippen LogP contribution in [0, 0.1) is 25.7 Å². The average molecular weight is 187 g/mol. The van der Waals surface area contributed by atoms with Crippen molar-refractivity contribution in [1.29, 1.82) is 0 Å². The predicted molar refractivity (Wildman–Crippen MR) is 58.5 cm³/mol. The molecule has 1 aliphatic heterocycles. The van der Waals surface area contributed by atoms with Crippen LogP contribution < -0.4 is 5.32 Å². The third-order valence-corrected chi connectivity index (χ3v) is 3.89. The predicted octanol–water partition coefficient (Wildman–Crippen LogP) is 2.24. The van der Waals surface area contributed by atoms with Crippen molar-refractivity contribution in [2.75, 3.05) is 13.1 Å². The number of benzene rings is 1. The summed E-state index contributed by atoms with van der Waals surface area (Å²) in [6.45, 7) is 6.92. The third-order valence-electron chi connectivity index (χ3n) is 3.89. The molecule has 1 aromatic rings. The van der Waals surface area contributed by atoms with Crippen molar-refractivity contribution in [3.63, 3.8) is 0 Å². The first-order chi connectivity index (χ1) is 6.77. The SMILES string of the molecule is Cc1ccc(C)c(C2C3CNCC32)c1. The standard InChI is InChI=1S/C13H17N/c1-8-3-4-9(2)10(5-8)13-11-6-14-7-12(11)13/h3-5,11-14H,6-7H2,1-2H3. The molecule has 1 heteroatoms. The Bertz CT molecular complexity index is 359. The third kappa shape index (κ3) is 1.12. The van der Waals surface area contributed by atoms with E-state index in [1.165, 1.54) is 24.2 Å². The molecule has 0 spiro atoms. The quantitative estimate of drug-likeness (QED) is 0.711. The fraction of sp³-hybridized carbons (Fsp3) is 0.538. The summed E-state index contributed by atoms with van der Waals surface area (Å²) in [5.74, 6) is 2.75. The smallest absolute Gasteiger partial charge is 0.00111 e. The van der Waals surface area contributed by atoms with Crippen molar-refractivity contribution in [3.8, 4) is 0 Å². The second-order valence-electron chi connectivity index (χ2n) is 4.87. The summed E-state index contributed by atoms with van der Waals surface area (Å²) >= 11 is 0. The van der Waals surface area contributed by atoms with E-state index >= 15 is 0 Å². The van der Waals surface area contributed by atoms with Gasteiger partial charge in [0.1, 0.15) is 0 Å². The van der Waals surface area contributed by atoms with Crippen LogP contribution in [0.3, 0.4) is 0 Å². The fourth-order valence-electron chi connectivity index (χ4n) is 3.00. The van der Waals surface area contributed by atoms with Crippen LogP contribution in [-0.2, 0) is 0 Å². The largest absolute Gasteiger partial charge is 0.316 e.